The Labute approximate surface area is 95.8 Å². The van der Waals surface area contributed by atoms with E-state index in [1.54, 1.807) is 0 Å². The van der Waals surface area contributed by atoms with Gasteiger partial charge in [0.1, 0.15) is 0 Å². The van der Waals surface area contributed by atoms with Gasteiger partial charge in [0.2, 0.25) is 0 Å². The number of hydrogen-bond donors (Lipinski definition) is 0. The number of rotatable bonds is 8. The SMILES string of the molecule is CCC=CC(C)CC=CC=CCCCC. The molecular formula is C15H26. The minimum Gasteiger partial charge on any atom is -0.0885 e. The lowest BCUT2D eigenvalue weighted by molar-refractivity contribution is 0.741. The van der Waals surface area contributed by atoms with E-state index in [2.05, 4.69) is 57.2 Å². The van der Waals surface area contributed by atoms with Crippen molar-refractivity contribution in [1.82, 2.24) is 0 Å². The van der Waals surface area contributed by atoms with E-state index in [0.29, 0.717) is 5.92 Å². The van der Waals surface area contributed by atoms with Crippen LogP contribution >= 0.6 is 0 Å². The monoisotopic (exact) mass is 206 g/mol. The van der Waals surface area contributed by atoms with Gasteiger partial charge in [0.25, 0.3) is 0 Å². The Balaban J connectivity index is 3.52. The summed E-state index contributed by atoms with van der Waals surface area (Å²) in [5.74, 6) is 0.672. The van der Waals surface area contributed by atoms with Gasteiger partial charge in [-0.2, -0.15) is 0 Å². The zero-order valence-electron chi connectivity index (χ0n) is 10.6. The molecule has 0 aromatic carbocycles. The van der Waals surface area contributed by atoms with Crippen LogP contribution < -0.4 is 0 Å². The van der Waals surface area contributed by atoms with E-state index in [4.69, 9.17) is 0 Å². The fourth-order valence-corrected chi connectivity index (χ4v) is 1.32. The third kappa shape index (κ3) is 11.1. The molecule has 0 spiro atoms. The van der Waals surface area contributed by atoms with Crippen LogP contribution in [0.5, 0.6) is 0 Å². The summed E-state index contributed by atoms with van der Waals surface area (Å²) < 4.78 is 0. The van der Waals surface area contributed by atoms with E-state index in [9.17, 15) is 0 Å². The molecule has 0 fully saturated rings. The lowest BCUT2D eigenvalue weighted by Gasteiger charge is -1.99. The van der Waals surface area contributed by atoms with Crippen LogP contribution in [0.3, 0.4) is 0 Å². The summed E-state index contributed by atoms with van der Waals surface area (Å²) in [6.45, 7) is 6.66. The van der Waals surface area contributed by atoms with Gasteiger partial charge in [-0.3, -0.25) is 0 Å². The highest BCUT2D eigenvalue weighted by Gasteiger charge is 1.90. The summed E-state index contributed by atoms with van der Waals surface area (Å²) in [4.78, 5) is 0. The lowest BCUT2D eigenvalue weighted by atomic mass is 10.1. The average Bonchev–Trinajstić information content (AvgIpc) is 2.25. The molecule has 0 aliphatic carbocycles. The Hall–Kier alpha value is -0.780. The van der Waals surface area contributed by atoms with E-state index in [0.717, 1.165) is 12.8 Å². The fourth-order valence-electron chi connectivity index (χ4n) is 1.32. The Morgan fingerprint density at radius 1 is 1.00 bits per heavy atom. The highest BCUT2D eigenvalue weighted by molar-refractivity contribution is 5.03. The molecule has 0 amide bonds. The predicted molar refractivity (Wildman–Crippen MR) is 71.0 cm³/mol. The third-order valence-corrected chi connectivity index (χ3v) is 2.32. The molecule has 1 unspecified atom stereocenters. The van der Waals surface area contributed by atoms with Crippen molar-refractivity contribution in [3.63, 3.8) is 0 Å². The first-order valence-electron chi connectivity index (χ1n) is 6.29. The number of hydrogen-bond acceptors (Lipinski definition) is 0. The molecule has 0 nitrogen and oxygen atoms in total. The molecule has 0 bridgehead atoms. The second kappa shape index (κ2) is 11.3. The molecule has 15 heavy (non-hydrogen) atoms. The molecule has 86 valence electrons. The van der Waals surface area contributed by atoms with E-state index >= 15 is 0 Å². The van der Waals surface area contributed by atoms with Crippen LogP contribution in [0.1, 0.15) is 52.9 Å². The zero-order valence-corrected chi connectivity index (χ0v) is 10.6. The molecule has 0 heteroatoms. The summed E-state index contributed by atoms with van der Waals surface area (Å²) in [6.07, 6.45) is 19.5. The highest BCUT2D eigenvalue weighted by Crippen LogP contribution is 2.05. The van der Waals surface area contributed by atoms with Crippen LogP contribution in [0.4, 0.5) is 0 Å². The topological polar surface area (TPSA) is 0 Å². The predicted octanol–water partition coefficient (Wildman–Crippen LogP) is 5.28. The van der Waals surface area contributed by atoms with Crippen LogP contribution in [-0.4, -0.2) is 0 Å². The Bertz CT molecular complexity index is 196. The summed E-state index contributed by atoms with van der Waals surface area (Å²) >= 11 is 0. The Morgan fingerprint density at radius 3 is 2.40 bits per heavy atom. The highest BCUT2D eigenvalue weighted by atomic mass is 14.0. The molecule has 0 aliphatic heterocycles. The smallest absolute Gasteiger partial charge is 0.0227 e. The molecule has 1 atom stereocenters. The van der Waals surface area contributed by atoms with E-state index < -0.39 is 0 Å². The molecule has 0 saturated heterocycles. The normalized spacial score (nSPS) is 14.6. The summed E-state index contributed by atoms with van der Waals surface area (Å²) in [5.41, 5.74) is 0. The van der Waals surface area contributed by atoms with Crippen LogP contribution in [0.2, 0.25) is 0 Å². The van der Waals surface area contributed by atoms with Crippen molar-refractivity contribution in [3.05, 3.63) is 36.5 Å². The molecule has 0 rings (SSSR count). The molecule has 0 aromatic rings. The Kier molecular flexibility index (Phi) is 10.7. The lowest BCUT2D eigenvalue weighted by Crippen LogP contribution is -1.84. The van der Waals surface area contributed by atoms with E-state index in [-0.39, 0.29) is 0 Å². The van der Waals surface area contributed by atoms with Gasteiger partial charge in [-0.05, 0) is 25.2 Å². The molecule has 0 aliphatic rings. The van der Waals surface area contributed by atoms with Gasteiger partial charge in [0.05, 0.1) is 0 Å². The molecule has 0 N–H and O–H groups in total. The van der Waals surface area contributed by atoms with Crippen molar-refractivity contribution in [3.8, 4) is 0 Å². The first-order chi connectivity index (χ1) is 7.31. The standard InChI is InChI=1S/C15H26/c1-4-6-8-9-10-11-12-14-15(3)13-7-5-2/h7,9-13,15H,4-6,8,14H2,1-3H3. The first kappa shape index (κ1) is 14.2. The summed E-state index contributed by atoms with van der Waals surface area (Å²) in [6, 6.07) is 0. The second-order valence-corrected chi connectivity index (χ2v) is 4.05. The van der Waals surface area contributed by atoms with E-state index in [1.165, 1.54) is 19.3 Å². The average molecular weight is 206 g/mol. The van der Waals surface area contributed by atoms with Crippen molar-refractivity contribution in [2.45, 2.75) is 52.9 Å². The quantitative estimate of drug-likeness (QED) is 0.288. The fraction of sp³-hybridized carbons (Fsp3) is 0.600. The van der Waals surface area contributed by atoms with E-state index in [1.807, 2.05) is 0 Å². The number of allylic oxidation sites excluding steroid dienone is 6. The van der Waals surface area contributed by atoms with Gasteiger partial charge in [0.15, 0.2) is 0 Å². The first-order valence-corrected chi connectivity index (χ1v) is 6.29. The van der Waals surface area contributed by atoms with Gasteiger partial charge in [-0.25, -0.2) is 0 Å². The molecule has 0 heterocycles. The number of unbranched alkanes of at least 4 members (excludes halogenated alkanes) is 2. The summed E-state index contributed by atoms with van der Waals surface area (Å²) in [5, 5.41) is 0. The Morgan fingerprint density at radius 2 is 1.73 bits per heavy atom. The maximum absolute atomic E-state index is 2.30. The van der Waals surface area contributed by atoms with Gasteiger partial charge < -0.3 is 0 Å². The largest absolute Gasteiger partial charge is 0.0885 e. The maximum atomic E-state index is 2.30. The van der Waals surface area contributed by atoms with Crippen LogP contribution in [0, 0.1) is 5.92 Å². The van der Waals surface area contributed by atoms with Gasteiger partial charge in [-0.1, -0.05) is 70.1 Å². The minimum absolute atomic E-state index is 0.672. The van der Waals surface area contributed by atoms with Crippen molar-refractivity contribution in [2.24, 2.45) is 5.92 Å². The maximum Gasteiger partial charge on any atom is -0.0227 e. The van der Waals surface area contributed by atoms with Crippen molar-refractivity contribution in [1.29, 1.82) is 0 Å². The third-order valence-electron chi connectivity index (χ3n) is 2.32. The van der Waals surface area contributed by atoms with Gasteiger partial charge in [-0.15, -0.1) is 0 Å². The van der Waals surface area contributed by atoms with Crippen LogP contribution in [0.15, 0.2) is 36.5 Å². The van der Waals surface area contributed by atoms with Gasteiger partial charge >= 0.3 is 0 Å². The zero-order chi connectivity index (χ0) is 11.4. The summed E-state index contributed by atoms with van der Waals surface area (Å²) in [7, 11) is 0. The van der Waals surface area contributed by atoms with Crippen molar-refractivity contribution >= 4 is 0 Å². The second-order valence-electron chi connectivity index (χ2n) is 4.05. The molecular weight excluding hydrogens is 180 g/mol. The van der Waals surface area contributed by atoms with Crippen molar-refractivity contribution < 1.29 is 0 Å². The van der Waals surface area contributed by atoms with Gasteiger partial charge in [0, 0.05) is 0 Å². The van der Waals surface area contributed by atoms with Crippen molar-refractivity contribution in [2.75, 3.05) is 0 Å². The minimum atomic E-state index is 0.672. The van der Waals surface area contributed by atoms with Crippen LogP contribution in [-0.2, 0) is 0 Å². The molecule has 0 aromatic heterocycles. The molecule has 0 saturated carbocycles. The van der Waals surface area contributed by atoms with Crippen LogP contribution in [0.25, 0.3) is 0 Å². The molecule has 0 radical (unpaired) electrons.